The maximum atomic E-state index is 10.3. The fourth-order valence-electron chi connectivity index (χ4n) is 1.70. The molecule has 0 aliphatic rings. The van der Waals surface area contributed by atoms with Crippen LogP contribution in [0.25, 0.3) is 0 Å². The van der Waals surface area contributed by atoms with E-state index in [9.17, 15) is 19.8 Å². The van der Waals surface area contributed by atoms with Crippen molar-refractivity contribution in [1.82, 2.24) is 0 Å². The lowest BCUT2D eigenvalue weighted by atomic mass is 10.0. The molecule has 0 aromatic carbocycles. The summed E-state index contributed by atoms with van der Waals surface area (Å²) in [5.41, 5.74) is 0. The molecular weight excluding hydrogens is 264 g/mol. The Hall–Kier alpha value is -1.40. The van der Waals surface area contributed by atoms with E-state index in [2.05, 4.69) is 0 Å². The van der Waals surface area contributed by atoms with Crippen LogP contribution in [0.4, 0.5) is 0 Å². The fourth-order valence-corrected chi connectivity index (χ4v) is 1.70. The summed E-state index contributed by atoms with van der Waals surface area (Å²) in [6, 6.07) is 0. The third kappa shape index (κ3) is 11.7. The average Bonchev–Trinajstić information content (AvgIpc) is 2.36. The van der Waals surface area contributed by atoms with E-state index in [0.29, 0.717) is 19.3 Å². The summed E-state index contributed by atoms with van der Waals surface area (Å²) in [4.78, 5) is 20.6. The van der Waals surface area contributed by atoms with Gasteiger partial charge in [0.05, 0.1) is 12.2 Å². The molecule has 0 aliphatic heterocycles. The molecule has 0 amide bonds. The molecule has 0 heterocycles. The zero-order chi connectivity index (χ0) is 15.4. The van der Waals surface area contributed by atoms with E-state index >= 15 is 0 Å². The second-order valence-corrected chi connectivity index (χ2v) is 4.77. The summed E-state index contributed by atoms with van der Waals surface area (Å²) in [5.74, 6) is -1.71. The van der Waals surface area contributed by atoms with Crippen LogP contribution in [-0.4, -0.2) is 44.6 Å². The molecule has 0 fully saturated rings. The molecule has 0 saturated heterocycles. The largest absolute Gasteiger partial charge is 0.481 e. The first-order valence-electron chi connectivity index (χ1n) is 6.88. The zero-order valence-corrected chi connectivity index (χ0v) is 11.6. The molecule has 116 valence electrons. The van der Waals surface area contributed by atoms with Crippen molar-refractivity contribution in [1.29, 1.82) is 0 Å². The van der Waals surface area contributed by atoms with Crippen LogP contribution in [0.15, 0.2) is 12.2 Å². The monoisotopic (exact) mass is 288 g/mol. The van der Waals surface area contributed by atoms with Gasteiger partial charge in [-0.1, -0.05) is 12.2 Å². The van der Waals surface area contributed by atoms with Crippen LogP contribution < -0.4 is 0 Å². The van der Waals surface area contributed by atoms with Gasteiger partial charge in [0.15, 0.2) is 0 Å². The van der Waals surface area contributed by atoms with Crippen molar-refractivity contribution >= 4 is 11.9 Å². The van der Waals surface area contributed by atoms with Crippen molar-refractivity contribution in [2.45, 2.75) is 63.6 Å². The third-order valence-corrected chi connectivity index (χ3v) is 2.89. The van der Waals surface area contributed by atoms with Gasteiger partial charge in [-0.15, -0.1) is 0 Å². The van der Waals surface area contributed by atoms with Crippen molar-refractivity contribution in [3.8, 4) is 0 Å². The van der Waals surface area contributed by atoms with Gasteiger partial charge >= 0.3 is 11.9 Å². The first-order chi connectivity index (χ1) is 9.43. The predicted molar refractivity (Wildman–Crippen MR) is 73.4 cm³/mol. The van der Waals surface area contributed by atoms with Crippen molar-refractivity contribution in [2.75, 3.05) is 0 Å². The fraction of sp³-hybridized carbons (Fsp3) is 0.714. The predicted octanol–water partition coefficient (Wildman–Crippen LogP) is 1.55. The molecule has 0 spiro atoms. The number of aliphatic hydroxyl groups excluding tert-OH is 2. The van der Waals surface area contributed by atoms with E-state index < -0.39 is 24.1 Å². The van der Waals surface area contributed by atoms with Crippen molar-refractivity contribution in [3.63, 3.8) is 0 Å². The average molecular weight is 288 g/mol. The number of rotatable bonds is 12. The Morgan fingerprint density at radius 2 is 1.45 bits per heavy atom. The first-order valence-corrected chi connectivity index (χ1v) is 6.88. The second-order valence-electron chi connectivity index (χ2n) is 4.77. The zero-order valence-electron chi connectivity index (χ0n) is 11.6. The van der Waals surface area contributed by atoms with Crippen LogP contribution in [0.3, 0.4) is 0 Å². The van der Waals surface area contributed by atoms with Crippen LogP contribution in [0, 0.1) is 0 Å². The second kappa shape index (κ2) is 11.4. The SMILES string of the molecule is O=C(O)CCCC/C=C/CC(O)C(O)CCCC(=O)O. The molecule has 0 aliphatic carbocycles. The smallest absolute Gasteiger partial charge is 0.303 e. The Morgan fingerprint density at radius 3 is 2.05 bits per heavy atom. The normalized spacial score (nSPS) is 14.3. The van der Waals surface area contributed by atoms with Crippen LogP contribution >= 0.6 is 0 Å². The lowest BCUT2D eigenvalue weighted by Gasteiger charge is -2.15. The van der Waals surface area contributed by atoms with E-state index in [1.165, 1.54) is 0 Å². The Kier molecular flexibility index (Phi) is 10.6. The first kappa shape index (κ1) is 18.6. The summed E-state index contributed by atoms with van der Waals surface area (Å²) in [5, 5.41) is 36.1. The van der Waals surface area contributed by atoms with Crippen LogP contribution in [0.5, 0.6) is 0 Å². The molecule has 0 aromatic rings. The van der Waals surface area contributed by atoms with Gasteiger partial charge in [0.25, 0.3) is 0 Å². The Labute approximate surface area is 118 Å². The number of aliphatic carboxylic acids is 2. The lowest BCUT2D eigenvalue weighted by Crippen LogP contribution is -2.25. The van der Waals surface area contributed by atoms with Crippen LogP contribution in [0.2, 0.25) is 0 Å². The molecule has 0 radical (unpaired) electrons. The minimum Gasteiger partial charge on any atom is -0.481 e. The molecule has 6 heteroatoms. The van der Waals surface area contributed by atoms with Gasteiger partial charge in [0.2, 0.25) is 0 Å². The van der Waals surface area contributed by atoms with Gasteiger partial charge in [-0.2, -0.15) is 0 Å². The van der Waals surface area contributed by atoms with E-state index in [4.69, 9.17) is 10.2 Å². The molecule has 0 rings (SSSR count). The number of hydrogen-bond acceptors (Lipinski definition) is 4. The molecule has 2 atom stereocenters. The quantitative estimate of drug-likeness (QED) is 0.320. The molecule has 0 aromatic heterocycles. The number of aliphatic hydroxyl groups is 2. The van der Waals surface area contributed by atoms with Crippen LogP contribution in [-0.2, 0) is 9.59 Å². The van der Waals surface area contributed by atoms with E-state index in [1.54, 1.807) is 6.08 Å². The summed E-state index contributed by atoms with van der Waals surface area (Å²) in [6.45, 7) is 0. The van der Waals surface area contributed by atoms with Crippen molar-refractivity contribution < 1.29 is 30.0 Å². The van der Waals surface area contributed by atoms with Gasteiger partial charge in [-0.05, 0) is 38.5 Å². The Morgan fingerprint density at radius 1 is 0.850 bits per heavy atom. The number of allylic oxidation sites excluding steroid dienone is 1. The molecule has 20 heavy (non-hydrogen) atoms. The maximum Gasteiger partial charge on any atom is 0.303 e. The highest BCUT2D eigenvalue weighted by atomic mass is 16.4. The summed E-state index contributed by atoms with van der Waals surface area (Å²) >= 11 is 0. The standard InChI is InChI=1S/C14H24O6/c15-11(12(16)8-6-10-14(19)20)7-4-2-1-3-5-9-13(17)18/h2,4,11-12,15-16H,1,3,5-10H2,(H,17,18)(H,19,20)/b4-2+. The molecule has 2 unspecified atom stereocenters. The Bertz CT molecular complexity index is 313. The van der Waals surface area contributed by atoms with E-state index in [1.807, 2.05) is 6.08 Å². The van der Waals surface area contributed by atoms with E-state index in [-0.39, 0.29) is 19.3 Å². The number of carboxylic acid groups (broad SMARTS) is 2. The minimum atomic E-state index is -0.911. The van der Waals surface area contributed by atoms with Crippen molar-refractivity contribution in [2.24, 2.45) is 0 Å². The molecule has 0 saturated carbocycles. The highest BCUT2D eigenvalue weighted by molar-refractivity contribution is 5.66. The topological polar surface area (TPSA) is 115 Å². The highest BCUT2D eigenvalue weighted by Crippen LogP contribution is 2.09. The summed E-state index contributed by atoms with van der Waals surface area (Å²) < 4.78 is 0. The minimum absolute atomic E-state index is 0.0107. The molecule has 6 nitrogen and oxygen atoms in total. The highest BCUT2D eigenvalue weighted by Gasteiger charge is 2.14. The number of unbranched alkanes of at least 4 members (excludes halogenated alkanes) is 2. The molecule has 4 N–H and O–H groups in total. The Balaban J connectivity index is 3.61. The summed E-state index contributed by atoms with van der Waals surface area (Å²) in [6.07, 6.45) is 5.03. The number of carbonyl (C=O) groups is 2. The van der Waals surface area contributed by atoms with Gasteiger partial charge in [-0.25, -0.2) is 0 Å². The van der Waals surface area contributed by atoms with Gasteiger partial charge in [0, 0.05) is 12.8 Å². The van der Waals surface area contributed by atoms with E-state index in [0.717, 1.165) is 12.8 Å². The molecule has 0 bridgehead atoms. The van der Waals surface area contributed by atoms with Crippen molar-refractivity contribution in [3.05, 3.63) is 12.2 Å². The third-order valence-electron chi connectivity index (χ3n) is 2.89. The van der Waals surface area contributed by atoms with Gasteiger partial charge < -0.3 is 20.4 Å². The summed E-state index contributed by atoms with van der Waals surface area (Å²) in [7, 11) is 0. The maximum absolute atomic E-state index is 10.3. The molecular formula is C14H24O6. The van der Waals surface area contributed by atoms with Gasteiger partial charge in [-0.3, -0.25) is 9.59 Å². The lowest BCUT2D eigenvalue weighted by molar-refractivity contribution is -0.138. The van der Waals surface area contributed by atoms with Crippen LogP contribution in [0.1, 0.15) is 51.4 Å². The number of hydrogen-bond donors (Lipinski definition) is 4. The number of carboxylic acids is 2. The van der Waals surface area contributed by atoms with Gasteiger partial charge in [0.1, 0.15) is 0 Å².